The number of halogens is 1. The van der Waals surface area contributed by atoms with Crippen LogP contribution in [-0.4, -0.2) is 31.0 Å². The third-order valence-corrected chi connectivity index (χ3v) is 4.88. The normalized spacial score (nSPS) is 13.6. The fraction of sp³-hybridized carbons (Fsp3) is 0.261. The van der Waals surface area contributed by atoms with Crippen molar-refractivity contribution in [3.63, 3.8) is 0 Å². The van der Waals surface area contributed by atoms with Crippen LogP contribution in [0, 0.1) is 0 Å². The van der Waals surface area contributed by atoms with E-state index in [0.29, 0.717) is 24.7 Å². The van der Waals surface area contributed by atoms with E-state index in [2.05, 4.69) is 5.32 Å². The van der Waals surface area contributed by atoms with E-state index in [0.717, 1.165) is 17.7 Å². The molecule has 0 bridgehead atoms. The number of imide groups is 1. The van der Waals surface area contributed by atoms with Crippen molar-refractivity contribution in [3.05, 3.63) is 64.8 Å². The van der Waals surface area contributed by atoms with Gasteiger partial charge in [0.15, 0.2) is 0 Å². The molecule has 7 nitrogen and oxygen atoms in total. The van der Waals surface area contributed by atoms with E-state index in [-0.39, 0.29) is 22.0 Å². The first-order valence-electron chi connectivity index (χ1n) is 10.0. The Morgan fingerprint density at radius 1 is 1.06 bits per heavy atom. The zero-order chi connectivity index (χ0) is 22.4. The molecule has 0 saturated carbocycles. The third-order valence-electron chi connectivity index (χ3n) is 4.53. The van der Waals surface area contributed by atoms with E-state index < -0.39 is 17.8 Å². The van der Waals surface area contributed by atoms with Crippen LogP contribution < -0.4 is 15.0 Å². The van der Waals surface area contributed by atoms with Gasteiger partial charge in [-0.05, 0) is 55.8 Å². The van der Waals surface area contributed by atoms with Crippen molar-refractivity contribution in [1.82, 2.24) is 0 Å². The zero-order valence-corrected chi connectivity index (χ0v) is 18.1. The Kier molecular flexibility index (Phi) is 7.31. The van der Waals surface area contributed by atoms with E-state index >= 15 is 0 Å². The van der Waals surface area contributed by atoms with E-state index in [9.17, 15) is 14.4 Å². The number of amides is 2. The molecule has 0 unspecified atom stereocenters. The monoisotopic (exact) mass is 442 g/mol. The Morgan fingerprint density at radius 2 is 1.81 bits per heavy atom. The van der Waals surface area contributed by atoms with Crippen LogP contribution in [0.4, 0.5) is 11.4 Å². The first-order valence-corrected chi connectivity index (χ1v) is 10.4. The molecule has 8 heteroatoms. The number of carbonyl (C=O) groups is 3. The van der Waals surface area contributed by atoms with Gasteiger partial charge < -0.3 is 14.8 Å². The van der Waals surface area contributed by atoms with Gasteiger partial charge in [-0.25, -0.2) is 9.69 Å². The Bertz CT molecular complexity index is 1020. The second-order valence-electron chi connectivity index (χ2n) is 6.76. The summed E-state index contributed by atoms with van der Waals surface area (Å²) < 4.78 is 10.6. The van der Waals surface area contributed by atoms with Crippen molar-refractivity contribution in [3.8, 4) is 5.75 Å². The molecule has 2 amide bonds. The summed E-state index contributed by atoms with van der Waals surface area (Å²) in [7, 11) is 0. The average Bonchev–Trinajstić information content (AvgIpc) is 2.98. The predicted molar refractivity (Wildman–Crippen MR) is 118 cm³/mol. The SMILES string of the molecule is CCCCOC(=O)c1cccc(N2C(=O)C(Cl)=C(Nc3ccc(OCC)cc3)C2=O)c1. The molecular weight excluding hydrogens is 420 g/mol. The first-order chi connectivity index (χ1) is 15.0. The first kappa shape index (κ1) is 22.4. The van der Waals surface area contributed by atoms with Crippen molar-refractivity contribution in [2.24, 2.45) is 0 Å². The number of hydrogen-bond donors (Lipinski definition) is 1. The summed E-state index contributed by atoms with van der Waals surface area (Å²) in [5.41, 5.74) is 1.03. The number of ether oxygens (including phenoxy) is 2. The molecule has 1 heterocycles. The van der Waals surface area contributed by atoms with E-state index in [1.54, 1.807) is 42.5 Å². The number of nitrogens with one attached hydrogen (secondary N) is 1. The summed E-state index contributed by atoms with van der Waals surface area (Å²) in [6, 6.07) is 13.1. The van der Waals surface area contributed by atoms with Gasteiger partial charge in [0.1, 0.15) is 16.5 Å². The lowest BCUT2D eigenvalue weighted by molar-refractivity contribution is -0.120. The second kappa shape index (κ2) is 10.1. The quantitative estimate of drug-likeness (QED) is 0.350. The number of benzene rings is 2. The van der Waals surface area contributed by atoms with Crippen LogP contribution in [0.15, 0.2) is 59.3 Å². The van der Waals surface area contributed by atoms with Gasteiger partial charge in [0.05, 0.1) is 24.5 Å². The van der Waals surface area contributed by atoms with Crippen LogP contribution in [0.1, 0.15) is 37.0 Å². The smallest absolute Gasteiger partial charge is 0.338 e. The summed E-state index contributed by atoms with van der Waals surface area (Å²) in [4.78, 5) is 38.8. The highest BCUT2D eigenvalue weighted by Gasteiger charge is 2.39. The van der Waals surface area contributed by atoms with Gasteiger partial charge in [0, 0.05) is 5.69 Å². The topological polar surface area (TPSA) is 84.9 Å². The highest BCUT2D eigenvalue weighted by molar-refractivity contribution is 6.53. The predicted octanol–water partition coefficient (Wildman–Crippen LogP) is 4.48. The summed E-state index contributed by atoms with van der Waals surface area (Å²) in [5, 5.41) is 2.67. The Balaban J connectivity index is 1.77. The zero-order valence-electron chi connectivity index (χ0n) is 17.3. The third kappa shape index (κ3) is 5.06. The van der Waals surface area contributed by atoms with Crippen LogP contribution in [0.5, 0.6) is 5.75 Å². The van der Waals surface area contributed by atoms with Crippen molar-refractivity contribution < 1.29 is 23.9 Å². The molecule has 0 aliphatic carbocycles. The van der Waals surface area contributed by atoms with Crippen LogP contribution in [0.3, 0.4) is 0 Å². The largest absolute Gasteiger partial charge is 0.494 e. The standard InChI is InChI=1S/C23H23ClN2O5/c1-3-5-13-31-23(29)15-7-6-8-17(14-15)26-21(27)19(24)20(22(26)28)25-16-9-11-18(12-10-16)30-4-2/h6-12,14,25H,3-5,13H2,1-2H3. The molecule has 1 aliphatic rings. The number of nitrogens with zero attached hydrogens (tertiary/aromatic N) is 1. The van der Waals surface area contributed by atoms with Gasteiger partial charge in [-0.1, -0.05) is 31.0 Å². The van der Waals surface area contributed by atoms with Crippen molar-refractivity contribution in [2.45, 2.75) is 26.7 Å². The highest BCUT2D eigenvalue weighted by Crippen LogP contribution is 2.31. The number of unbranched alkanes of at least 4 members (excludes halogenated alkanes) is 1. The maximum Gasteiger partial charge on any atom is 0.338 e. The molecule has 0 spiro atoms. The number of carbonyl (C=O) groups excluding carboxylic acids is 3. The average molecular weight is 443 g/mol. The molecule has 0 radical (unpaired) electrons. The Labute approximate surface area is 185 Å². The molecule has 0 fully saturated rings. The summed E-state index contributed by atoms with van der Waals surface area (Å²) in [6.07, 6.45) is 1.66. The maximum atomic E-state index is 13.0. The molecule has 1 N–H and O–H groups in total. The lowest BCUT2D eigenvalue weighted by atomic mass is 10.2. The molecule has 0 aromatic heterocycles. The minimum Gasteiger partial charge on any atom is -0.494 e. The molecule has 2 aromatic rings. The van der Waals surface area contributed by atoms with Crippen molar-refractivity contribution in [2.75, 3.05) is 23.4 Å². The summed E-state index contributed by atoms with van der Waals surface area (Å²) in [6.45, 7) is 4.73. The highest BCUT2D eigenvalue weighted by atomic mass is 35.5. The Hall–Kier alpha value is -3.32. The molecule has 162 valence electrons. The lowest BCUT2D eigenvalue weighted by Gasteiger charge is -2.16. The van der Waals surface area contributed by atoms with Gasteiger partial charge in [-0.15, -0.1) is 0 Å². The molecule has 1 aliphatic heterocycles. The van der Waals surface area contributed by atoms with E-state index in [1.807, 2.05) is 13.8 Å². The number of hydrogen-bond acceptors (Lipinski definition) is 6. The van der Waals surface area contributed by atoms with Gasteiger partial charge in [-0.2, -0.15) is 0 Å². The van der Waals surface area contributed by atoms with Crippen molar-refractivity contribution in [1.29, 1.82) is 0 Å². The van der Waals surface area contributed by atoms with Crippen LogP contribution >= 0.6 is 11.6 Å². The molecule has 2 aromatic carbocycles. The number of esters is 1. The van der Waals surface area contributed by atoms with E-state index in [4.69, 9.17) is 21.1 Å². The summed E-state index contributed by atoms with van der Waals surface area (Å²) >= 11 is 6.17. The van der Waals surface area contributed by atoms with Crippen LogP contribution in [0.2, 0.25) is 0 Å². The van der Waals surface area contributed by atoms with Gasteiger partial charge in [0.25, 0.3) is 11.8 Å². The molecule has 0 atom stereocenters. The number of rotatable bonds is 9. The minimum atomic E-state index is -0.670. The summed E-state index contributed by atoms with van der Waals surface area (Å²) in [5.74, 6) is -1.11. The molecule has 31 heavy (non-hydrogen) atoms. The van der Waals surface area contributed by atoms with Crippen molar-refractivity contribution >= 4 is 40.8 Å². The fourth-order valence-electron chi connectivity index (χ4n) is 2.96. The van der Waals surface area contributed by atoms with E-state index in [1.165, 1.54) is 6.07 Å². The Morgan fingerprint density at radius 3 is 2.48 bits per heavy atom. The molecule has 3 rings (SSSR count). The molecule has 0 saturated heterocycles. The second-order valence-corrected chi connectivity index (χ2v) is 7.13. The fourth-order valence-corrected chi connectivity index (χ4v) is 3.17. The van der Waals surface area contributed by atoms with Gasteiger partial charge in [0.2, 0.25) is 0 Å². The maximum absolute atomic E-state index is 13.0. The minimum absolute atomic E-state index is 0.0354. The number of anilines is 2. The van der Waals surface area contributed by atoms with Gasteiger partial charge >= 0.3 is 5.97 Å². The van der Waals surface area contributed by atoms with Crippen LogP contribution in [0.25, 0.3) is 0 Å². The lowest BCUT2D eigenvalue weighted by Crippen LogP contribution is -2.32. The van der Waals surface area contributed by atoms with Crippen LogP contribution in [-0.2, 0) is 14.3 Å². The van der Waals surface area contributed by atoms with Gasteiger partial charge in [-0.3, -0.25) is 9.59 Å². The molecular formula is C23H23ClN2O5.